The van der Waals surface area contributed by atoms with Gasteiger partial charge in [-0.3, -0.25) is 4.90 Å². The van der Waals surface area contributed by atoms with Crippen LogP contribution in [0.1, 0.15) is 45.1 Å². The summed E-state index contributed by atoms with van der Waals surface area (Å²) in [5, 5.41) is 9.83. The van der Waals surface area contributed by atoms with Gasteiger partial charge in [0.1, 0.15) is 11.5 Å². The van der Waals surface area contributed by atoms with Gasteiger partial charge in [-0.25, -0.2) is 18.7 Å². The molecule has 4 rings (SSSR count). The molecule has 2 fully saturated rings. The first-order valence-electron chi connectivity index (χ1n) is 12.3. The lowest BCUT2D eigenvalue weighted by atomic mass is 9.97. The van der Waals surface area contributed by atoms with E-state index in [1.165, 1.54) is 0 Å². The lowest BCUT2D eigenvalue weighted by Crippen LogP contribution is -2.41. The van der Waals surface area contributed by atoms with Crippen LogP contribution in [-0.4, -0.2) is 76.0 Å². The number of likely N-dealkylation sites (tertiary alicyclic amines) is 2. The Labute approximate surface area is 201 Å². The monoisotopic (exact) mass is 474 g/mol. The number of alkyl halides is 1. The van der Waals surface area contributed by atoms with Crippen molar-refractivity contribution in [2.75, 3.05) is 39.3 Å². The first-order chi connectivity index (χ1) is 16.2. The molecule has 34 heavy (non-hydrogen) atoms. The highest BCUT2D eigenvalue weighted by atomic mass is 19.1. The molecule has 1 aromatic heterocycles. The molecule has 6 nitrogen and oxygen atoms in total. The van der Waals surface area contributed by atoms with Crippen molar-refractivity contribution in [3.8, 4) is 17.1 Å². The maximum absolute atomic E-state index is 14.8. The van der Waals surface area contributed by atoms with E-state index >= 15 is 0 Å². The summed E-state index contributed by atoms with van der Waals surface area (Å²) in [4.78, 5) is 13.0. The number of aliphatic hydroxyl groups excluding tert-OH is 1. The van der Waals surface area contributed by atoms with Gasteiger partial charge in [-0.05, 0) is 82.8 Å². The molecule has 8 heteroatoms. The molecule has 0 radical (unpaired) electrons. The van der Waals surface area contributed by atoms with Crippen LogP contribution in [0.15, 0.2) is 30.6 Å². The van der Waals surface area contributed by atoms with Crippen molar-refractivity contribution in [1.29, 1.82) is 0 Å². The molecule has 1 unspecified atom stereocenters. The van der Waals surface area contributed by atoms with Crippen LogP contribution in [0.25, 0.3) is 11.3 Å². The fourth-order valence-electron chi connectivity index (χ4n) is 4.87. The lowest BCUT2D eigenvalue weighted by molar-refractivity contribution is 0.0668. The third-order valence-electron chi connectivity index (χ3n) is 6.60. The van der Waals surface area contributed by atoms with Crippen molar-refractivity contribution in [3.05, 3.63) is 42.0 Å². The van der Waals surface area contributed by atoms with Crippen LogP contribution >= 0.6 is 0 Å². The van der Waals surface area contributed by atoms with Gasteiger partial charge >= 0.3 is 0 Å². The molecule has 0 aliphatic carbocycles. The number of halogens is 2. The van der Waals surface area contributed by atoms with E-state index < -0.39 is 5.67 Å². The van der Waals surface area contributed by atoms with Gasteiger partial charge in [0.25, 0.3) is 0 Å². The predicted octanol–water partition coefficient (Wildman–Crippen LogP) is 4.08. The van der Waals surface area contributed by atoms with Crippen LogP contribution in [-0.2, 0) is 6.54 Å². The topological polar surface area (TPSA) is 61.7 Å². The van der Waals surface area contributed by atoms with Gasteiger partial charge in [0.2, 0.25) is 5.88 Å². The summed E-state index contributed by atoms with van der Waals surface area (Å²) >= 11 is 0. The van der Waals surface area contributed by atoms with Crippen molar-refractivity contribution in [3.63, 3.8) is 0 Å². The molecule has 0 saturated carbocycles. The Morgan fingerprint density at radius 3 is 2.53 bits per heavy atom. The molecule has 1 atom stereocenters. The first-order valence-corrected chi connectivity index (χ1v) is 12.3. The number of aromatic nitrogens is 2. The zero-order valence-corrected chi connectivity index (χ0v) is 20.2. The Bertz CT molecular complexity index is 927. The van der Waals surface area contributed by atoms with E-state index in [0.717, 1.165) is 50.9 Å². The quantitative estimate of drug-likeness (QED) is 0.622. The van der Waals surface area contributed by atoms with Gasteiger partial charge < -0.3 is 14.7 Å². The zero-order chi connectivity index (χ0) is 24.1. The van der Waals surface area contributed by atoms with E-state index in [0.29, 0.717) is 49.3 Å². The molecule has 0 amide bonds. The molecule has 2 saturated heterocycles. The van der Waals surface area contributed by atoms with E-state index in [9.17, 15) is 13.9 Å². The van der Waals surface area contributed by atoms with Crippen molar-refractivity contribution in [2.45, 2.75) is 57.8 Å². The number of hydrogen-bond acceptors (Lipinski definition) is 6. The third kappa shape index (κ3) is 7.17. The van der Waals surface area contributed by atoms with E-state index in [-0.39, 0.29) is 11.9 Å². The number of ether oxygens (including phenoxy) is 1. The first kappa shape index (κ1) is 24.9. The standard InChI is InChI=1S/C26H36F2N4O2/c1-26(2,28)18-31-10-7-19(8-11-31)17-34-25-14-29-24(13-30-25)22-6-5-20(12-23(22)27)15-32-9-3-4-21(33)16-32/h5-6,12-14,19,21,33H,3-4,7-11,15-18H2,1-2H3. The SMILES string of the molecule is CC(C)(F)CN1CCC(COc2cnc(-c3ccc(CN4CCCC(O)C4)cc3F)cn2)CC1. The van der Waals surface area contributed by atoms with Gasteiger partial charge in [-0.15, -0.1) is 0 Å². The maximum Gasteiger partial charge on any atom is 0.232 e. The van der Waals surface area contributed by atoms with Crippen LogP contribution in [0.4, 0.5) is 8.78 Å². The molecule has 2 aromatic rings. The van der Waals surface area contributed by atoms with Crippen molar-refractivity contribution < 1.29 is 18.6 Å². The number of rotatable bonds is 8. The Balaban J connectivity index is 1.27. The number of β-amino-alcohol motifs (C(OH)–C–C–N with tert-alkyl or cyclic N) is 1. The molecular weight excluding hydrogens is 438 g/mol. The van der Waals surface area contributed by atoms with E-state index in [4.69, 9.17) is 4.74 Å². The van der Waals surface area contributed by atoms with Crippen LogP contribution < -0.4 is 4.74 Å². The number of nitrogens with zero attached hydrogens (tertiary/aromatic N) is 4. The van der Waals surface area contributed by atoms with Gasteiger partial charge in [-0.1, -0.05) is 6.07 Å². The van der Waals surface area contributed by atoms with Crippen molar-refractivity contribution in [1.82, 2.24) is 19.8 Å². The summed E-state index contributed by atoms with van der Waals surface area (Å²) in [6, 6.07) is 5.18. The normalized spacial score (nSPS) is 21.0. The number of benzene rings is 1. The largest absolute Gasteiger partial charge is 0.476 e. The van der Waals surface area contributed by atoms with E-state index in [1.54, 1.807) is 38.4 Å². The molecule has 2 aliphatic rings. The molecule has 1 aromatic carbocycles. The van der Waals surface area contributed by atoms with Crippen molar-refractivity contribution >= 4 is 0 Å². The molecule has 3 heterocycles. The third-order valence-corrected chi connectivity index (χ3v) is 6.60. The Morgan fingerprint density at radius 2 is 1.88 bits per heavy atom. The fourth-order valence-corrected chi connectivity index (χ4v) is 4.87. The molecular formula is C26H36F2N4O2. The molecule has 186 valence electrons. The van der Waals surface area contributed by atoms with Gasteiger partial charge in [-0.2, -0.15) is 0 Å². The summed E-state index contributed by atoms with van der Waals surface area (Å²) in [7, 11) is 0. The van der Waals surface area contributed by atoms with Gasteiger partial charge in [0, 0.05) is 25.2 Å². The fraction of sp³-hybridized carbons (Fsp3) is 0.615. The maximum atomic E-state index is 14.8. The second kappa shape index (κ2) is 11.1. The molecule has 0 bridgehead atoms. The second-order valence-corrected chi connectivity index (χ2v) is 10.3. The minimum atomic E-state index is -1.17. The smallest absolute Gasteiger partial charge is 0.232 e. The van der Waals surface area contributed by atoms with Crippen LogP contribution in [0.5, 0.6) is 5.88 Å². The Morgan fingerprint density at radius 1 is 1.09 bits per heavy atom. The highest BCUT2D eigenvalue weighted by Gasteiger charge is 2.25. The average molecular weight is 475 g/mol. The average Bonchev–Trinajstić information content (AvgIpc) is 2.78. The van der Waals surface area contributed by atoms with Gasteiger partial charge in [0.15, 0.2) is 0 Å². The van der Waals surface area contributed by atoms with Crippen LogP contribution in [0.3, 0.4) is 0 Å². The van der Waals surface area contributed by atoms with Crippen LogP contribution in [0, 0.1) is 11.7 Å². The molecule has 1 N–H and O–H groups in total. The lowest BCUT2D eigenvalue weighted by Gasteiger charge is -2.34. The molecule has 2 aliphatic heterocycles. The van der Waals surface area contributed by atoms with E-state index in [2.05, 4.69) is 19.8 Å². The number of piperidine rings is 2. The van der Waals surface area contributed by atoms with Gasteiger partial charge in [0.05, 0.1) is 30.8 Å². The highest BCUT2D eigenvalue weighted by molar-refractivity contribution is 5.59. The minimum absolute atomic E-state index is 0.296. The summed E-state index contributed by atoms with van der Waals surface area (Å²) in [5.41, 5.74) is 0.582. The van der Waals surface area contributed by atoms with Crippen LogP contribution in [0.2, 0.25) is 0 Å². The zero-order valence-electron chi connectivity index (χ0n) is 20.2. The Hall–Kier alpha value is -2.16. The molecule has 0 spiro atoms. The number of aliphatic hydroxyl groups is 1. The predicted molar refractivity (Wildman–Crippen MR) is 128 cm³/mol. The van der Waals surface area contributed by atoms with E-state index in [1.807, 2.05) is 6.07 Å². The summed E-state index contributed by atoms with van der Waals surface area (Å²) in [5.74, 6) is 0.504. The number of hydrogen-bond donors (Lipinski definition) is 1. The summed E-state index contributed by atoms with van der Waals surface area (Å²) in [6.45, 7) is 8.17. The second-order valence-electron chi connectivity index (χ2n) is 10.3. The summed E-state index contributed by atoms with van der Waals surface area (Å²) in [6.07, 6.45) is 6.52. The minimum Gasteiger partial charge on any atom is -0.476 e. The highest BCUT2D eigenvalue weighted by Crippen LogP contribution is 2.25. The van der Waals surface area contributed by atoms with Crippen molar-refractivity contribution in [2.24, 2.45) is 5.92 Å². The summed E-state index contributed by atoms with van der Waals surface area (Å²) < 4.78 is 34.5. The Kier molecular flexibility index (Phi) is 8.11.